The molecule has 0 radical (unpaired) electrons. The highest BCUT2D eigenvalue weighted by Crippen LogP contribution is 2.32. The van der Waals surface area contributed by atoms with Gasteiger partial charge in [0.05, 0.1) is 11.3 Å². The first kappa shape index (κ1) is 23.4. The van der Waals surface area contributed by atoms with E-state index in [1.807, 2.05) is 12.3 Å². The molecule has 0 aliphatic carbocycles. The number of rotatable bonds is 5. The van der Waals surface area contributed by atoms with Gasteiger partial charge in [-0.15, -0.1) is 0 Å². The molecule has 33 heavy (non-hydrogen) atoms. The van der Waals surface area contributed by atoms with Crippen LogP contribution >= 0.6 is 0 Å². The van der Waals surface area contributed by atoms with Crippen LogP contribution < -0.4 is 10.6 Å². The van der Waals surface area contributed by atoms with Crippen molar-refractivity contribution in [1.82, 2.24) is 20.3 Å². The van der Waals surface area contributed by atoms with Crippen LogP contribution in [0.3, 0.4) is 0 Å². The van der Waals surface area contributed by atoms with Gasteiger partial charge in [0, 0.05) is 51.5 Å². The minimum atomic E-state index is -1.01. The lowest BCUT2D eigenvalue weighted by Crippen LogP contribution is -2.60. The molecule has 0 atom stereocenters. The number of nitrogens with one attached hydrogen (secondary N) is 3. The summed E-state index contributed by atoms with van der Waals surface area (Å²) < 4.78 is 14.8. The highest BCUT2D eigenvalue weighted by molar-refractivity contribution is 5.95. The number of aromatic amines is 1. The molecule has 1 fully saturated rings. The molecule has 7 heteroatoms. The smallest absolute Gasteiger partial charge is 0.223 e. The number of fused-ring (bicyclic) bond motifs is 1. The lowest BCUT2D eigenvalue weighted by molar-refractivity contribution is 0.134. The van der Waals surface area contributed by atoms with Gasteiger partial charge in [-0.1, -0.05) is 12.2 Å². The molecular formula is C26H34FN5O. The number of H-pyrrole nitrogens is 1. The van der Waals surface area contributed by atoms with Crippen LogP contribution in [0.4, 0.5) is 10.3 Å². The fraction of sp³-hybridized carbons (Fsp3) is 0.462. The highest BCUT2D eigenvalue weighted by atomic mass is 19.1. The number of hydrogen-bond acceptors (Lipinski definition) is 5. The number of aliphatic hydroxyl groups is 1. The first-order valence-corrected chi connectivity index (χ1v) is 11.4. The summed E-state index contributed by atoms with van der Waals surface area (Å²) >= 11 is 0. The van der Waals surface area contributed by atoms with Gasteiger partial charge < -0.3 is 20.7 Å². The second kappa shape index (κ2) is 8.22. The van der Waals surface area contributed by atoms with E-state index < -0.39 is 5.60 Å². The van der Waals surface area contributed by atoms with Gasteiger partial charge in [-0.2, -0.15) is 0 Å². The monoisotopic (exact) mass is 451 g/mol. The highest BCUT2D eigenvalue weighted by Gasteiger charge is 2.37. The summed E-state index contributed by atoms with van der Waals surface area (Å²) in [5.41, 5.74) is 1.79. The first-order valence-electron chi connectivity index (χ1n) is 11.4. The van der Waals surface area contributed by atoms with Crippen molar-refractivity contribution in [3.63, 3.8) is 0 Å². The van der Waals surface area contributed by atoms with E-state index in [1.54, 1.807) is 38.3 Å². The Morgan fingerprint density at radius 1 is 1.18 bits per heavy atom. The van der Waals surface area contributed by atoms with E-state index in [-0.39, 0.29) is 22.9 Å². The Bertz CT molecular complexity index is 1170. The van der Waals surface area contributed by atoms with E-state index in [4.69, 9.17) is 4.98 Å². The molecule has 2 aromatic heterocycles. The lowest BCUT2D eigenvalue weighted by atomic mass is 9.80. The lowest BCUT2D eigenvalue weighted by Gasteiger charge is -2.46. The average molecular weight is 452 g/mol. The van der Waals surface area contributed by atoms with E-state index in [0.29, 0.717) is 11.5 Å². The molecule has 1 saturated heterocycles. The number of hydrogen-bond donors (Lipinski definition) is 4. The molecule has 3 heterocycles. The summed E-state index contributed by atoms with van der Waals surface area (Å²) in [6.45, 7) is 12.2. The van der Waals surface area contributed by atoms with Crippen molar-refractivity contribution in [1.29, 1.82) is 0 Å². The van der Waals surface area contributed by atoms with Gasteiger partial charge in [0.2, 0.25) is 5.95 Å². The third kappa shape index (κ3) is 5.60. The number of aromatic nitrogens is 3. The number of benzene rings is 1. The summed E-state index contributed by atoms with van der Waals surface area (Å²) in [4.78, 5) is 12.4. The van der Waals surface area contributed by atoms with E-state index in [1.165, 1.54) is 6.07 Å². The zero-order valence-electron chi connectivity index (χ0n) is 20.3. The zero-order chi connectivity index (χ0) is 24.0. The van der Waals surface area contributed by atoms with Gasteiger partial charge in [0.1, 0.15) is 5.82 Å². The van der Waals surface area contributed by atoms with Crippen LogP contribution in [-0.2, 0) is 0 Å². The number of piperidine rings is 1. The Morgan fingerprint density at radius 3 is 2.55 bits per heavy atom. The summed E-state index contributed by atoms with van der Waals surface area (Å²) in [5, 5.41) is 17.9. The van der Waals surface area contributed by atoms with E-state index in [9.17, 15) is 9.50 Å². The van der Waals surface area contributed by atoms with Crippen molar-refractivity contribution in [3.05, 3.63) is 48.0 Å². The van der Waals surface area contributed by atoms with Crippen molar-refractivity contribution in [3.8, 4) is 11.3 Å². The Morgan fingerprint density at radius 2 is 1.88 bits per heavy atom. The van der Waals surface area contributed by atoms with Crippen LogP contribution in [-0.4, -0.2) is 42.8 Å². The Balaban J connectivity index is 1.61. The van der Waals surface area contributed by atoms with Crippen molar-refractivity contribution in [2.75, 3.05) is 5.32 Å². The van der Waals surface area contributed by atoms with Gasteiger partial charge in [0.15, 0.2) is 0 Å². The molecule has 1 aromatic carbocycles. The van der Waals surface area contributed by atoms with Gasteiger partial charge in [-0.25, -0.2) is 14.4 Å². The third-order valence-electron chi connectivity index (χ3n) is 5.92. The van der Waals surface area contributed by atoms with Gasteiger partial charge >= 0.3 is 0 Å². The minimum Gasteiger partial charge on any atom is -0.386 e. The molecule has 0 amide bonds. The molecule has 3 aromatic rings. The summed E-state index contributed by atoms with van der Waals surface area (Å²) in [7, 11) is 0. The largest absolute Gasteiger partial charge is 0.386 e. The molecule has 1 aliphatic rings. The van der Waals surface area contributed by atoms with E-state index in [0.717, 1.165) is 35.0 Å². The van der Waals surface area contributed by atoms with Crippen LogP contribution in [0.25, 0.3) is 28.2 Å². The fourth-order valence-electron chi connectivity index (χ4n) is 4.98. The molecule has 6 nitrogen and oxygen atoms in total. The minimum absolute atomic E-state index is 0.0167. The molecule has 0 saturated carbocycles. The molecule has 4 rings (SSSR count). The second-order valence-electron chi connectivity index (χ2n) is 11.0. The predicted molar refractivity (Wildman–Crippen MR) is 133 cm³/mol. The first-order chi connectivity index (χ1) is 15.3. The fourth-order valence-corrected chi connectivity index (χ4v) is 4.98. The van der Waals surface area contributed by atoms with Gasteiger partial charge in [0.25, 0.3) is 0 Å². The topological polar surface area (TPSA) is 85.9 Å². The maximum absolute atomic E-state index is 14.8. The molecular weight excluding hydrogens is 417 g/mol. The van der Waals surface area contributed by atoms with Gasteiger partial charge in [-0.3, -0.25) is 0 Å². The van der Waals surface area contributed by atoms with Crippen LogP contribution in [0.1, 0.15) is 59.9 Å². The summed E-state index contributed by atoms with van der Waals surface area (Å²) in [6.07, 6.45) is 8.68. The van der Waals surface area contributed by atoms with E-state index in [2.05, 4.69) is 48.3 Å². The van der Waals surface area contributed by atoms with Crippen molar-refractivity contribution in [2.24, 2.45) is 0 Å². The summed E-state index contributed by atoms with van der Waals surface area (Å²) in [6, 6.07) is 5.34. The van der Waals surface area contributed by atoms with E-state index >= 15 is 0 Å². The number of halogens is 1. The zero-order valence-corrected chi connectivity index (χ0v) is 20.3. The Hall–Kier alpha value is -2.77. The average Bonchev–Trinajstić information content (AvgIpc) is 3.05. The molecule has 4 N–H and O–H groups in total. The Kier molecular flexibility index (Phi) is 5.83. The van der Waals surface area contributed by atoms with Gasteiger partial charge in [-0.05, 0) is 72.6 Å². The predicted octanol–water partition coefficient (Wildman–Crippen LogP) is 5.27. The van der Waals surface area contributed by atoms with Crippen LogP contribution in [0, 0.1) is 5.82 Å². The maximum atomic E-state index is 14.8. The van der Waals surface area contributed by atoms with Crippen molar-refractivity contribution >= 4 is 22.9 Å². The summed E-state index contributed by atoms with van der Waals surface area (Å²) in [5.74, 6) is 0.223. The maximum Gasteiger partial charge on any atom is 0.223 e. The molecule has 176 valence electrons. The van der Waals surface area contributed by atoms with Crippen LogP contribution in [0.2, 0.25) is 0 Å². The molecule has 1 aliphatic heterocycles. The second-order valence-corrected chi connectivity index (χ2v) is 11.0. The normalized spacial score (nSPS) is 18.8. The molecule has 0 unspecified atom stereocenters. The van der Waals surface area contributed by atoms with Crippen molar-refractivity contribution < 1.29 is 9.50 Å². The molecule has 0 spiro atoms. The SMILES string of the molecule is CC(C)(O)/C=C/c1cc2[nH]cc(-c3ccnc(NC4CC(C)(C)NC(C)(C)C4)n3)c2cc1F. The molecule has 0 bridgehead atoms. The standard InChI is InChI=1S/C26H34FN5O/c1-24(2)13-17(14-25(3,4)32-24)30-23-28-10-8-21(31-23)19-15-29-22-11-16(7-9-26(5,6)33)20(27)12-18(19)22/h7-12,15,17,29,32-33H,13-14H2,1-6H3,(H,28,30,31)/b9-7+. The number of nitrogens with zero attached hydrogens (tertiary/aromatic N) is 2. The van der Waals surface area contributed by atoms with Crippen LogP contribution in [0.5, 0.6) is 0 Å². The third-order valence-corrected chi connectivity index (χ3v) is 5.92. The Labute approximate surface area is 194 Å². The quantitative estimate of drug-likeness (QED) is 0.425. The van der Waals surface area contributed by atoms with Crippen molar-refractivity contribution in [2.45, 2.75) is 77.1 Å². The van der Waals surface area contributed by atoms with Crippen LogP contribution in [0.15, 0.2) is 36.7 Å². The number of anilines is 1.